The average Bonchev–Trinajstić information content (AvgIpc) is 2.84. The highest BCUT2D eigenvalue weighted by atomic mass is 16.5. The first-order chi connectivity index (χ1) is 11.6. The van der Waals surface area contributed by atoms with E-state index in [2.05, 4.69) is 19.9 Å². The number of allylic oxidation sites excluding steroid dienone is 1. The van der Waals surface area contributed by atoms with Crippen LogP contribution < -0.4 is 0 Å². The van der Waals surface area contributed by atoms with Crippen LogP contribution in [0.3, 0.4) is 0 Å². The van der Waals surface area contributed by atoms with Gasteiger partial charge in [-0.1, -0.05) is 25.5 Å². The Bertz CT molecular complexity index is 623. The van der Waals surface area contributed by atoms with Crippen molar-refractivity contribution in [3.8, 4) is 0 Å². The minimum absolute atomic E-state index is 0.0828. The van der Waals surface area contributed by atoms with Crippen LogP contribution >= 0.6 is 0 Å². The molecule has 0 saturated heterocycles. The summed E-state index contributed by atoms with van der Waals surface area (Å²) >= 11 is 0. The highest BCUT2D eigenvalue weighted by molar-refractivity contribution is 5.79. The van der Waals surface area contributed by atoms with Crippen molar-refractivity contribution < 1.29 is 20.1 Å². The van der Waals surface area contributed by atoms with E-state index in [1.165, 1.54) is 0 Å². The lowest BCUT2D eigenvalue weighted by Crippen LogP contribution is -2.57. The van der Waals surface area contributed by atoms with Gasteiger partial charge in [0, 0.05) is 18.8 Å². The molecule has 4 heteroatoms. The second-order valence-electron chi connectivity index (χ2n) is 9.86. The maximum absolute atomic E-state index is 12.2. The summed E-state index contributed by atoms with van der Waals surface area (Å²) in [6, 6.07) is 0. The Hall–Kier alpha value is -0.710. The van der Waals surface area contributed by atoms with Crippen molar-refractivity contribution in [2.75, 3.05) is 0 Å². The van der Waals surface area contributed by atoms with Crippen LogP contribution in [0.5, 0.6) is 0 Å². The lowest BCUT2D eigenvalue weighted by atomic mass is 9.46. The minimum Gasteiger partial charge on any atom is -0.393 e. The third-order valence-corrected chi connectivity index (χ3v) is 8.57. The number of aliphatic hydroxyl groups excluding tert-OH is 1. The van der Waals surface area contributed by atoms with Gasteiger partial charge in [0.25, 0.3) is 0 Å². The van der Waals surface area contributed by atoms with Crippen molar-refractivity contribution in [3.05, 3.63) is 11.6 Å². The first kappa shape index (κ1) is 17.7. The van der Waals surface area contributed by atoms with Crippen molar-refractivity contribution in [3.63, 3.8) is 0 Å². The van der Waals surface area contributed by atoms with Crippen molar-refractivity contribution in [1.82, 2.24) is 0 Å². The molecule has 0 spiro atoms. The second kappa shape index (κ2) is 5.40. The number of rotatable bonds is 1. The Kier molecular flexibility index (Phi) is 3.82. The molecule has 3 saturated carbocycles. The maximum Gasteiger partial charge on any atom is 0.166 e. The summed E-state index contributed by atoms with van der Waals surface area (Å²) in [4.78, 5) is 12.2. The molecule has 7 unspecified atom stereocenters. The van der Waals surface area contributed by atoms with Gasteiger partial charge in [-0.15, -0.1) is 0 Å². The lowest BCUT2D eigenvalue weighted by molar-refractivity contribution is -0.197. The second-order valence-corrected chi connectivity index (χ2v) is 9.86. The fourth-order valence-corrected chi connectivity index (χ4v) is 7.43. The molecule has 0 aromatic heterocycles. The summed E-state index contributed by atoms with van der Waals surface area (Å²) in [5.41, 5.74) is 0.890. The topological polar surface area (TPSA) is 77.8 Å². The molecule has 0 aromatic rings. The number of carbonyl (C=O) groups is 1. The van der Waals surface area contributed by atoms with Gasteiger partial charge in [-0.25, -0.2) is 0 Å². The summed E-state index contributed by atoms with van der Waals surface area (Å²) in [6.45, 7) is 6.15. The summed E-state index contributed by atoms with van der Waals surface area (Å²) in [7, 11) is 0. The zero-order chi connectivity index (χ0) is 18.2. The predicted octanol–water partition coefficient (Wildman–Crippen LogP) is 2.81. The molecule has 3 N–H and O–H groups in total. The number of fused-ring (bicyclic) bond motifs is 5. The Morgan fingerprint density at radius 3 is 2.60 bits per heavy atom. The van der Waals surface area contributed by atoms with Crippen molar-refractivity contribution in [1.29, 1.82) is 0 Å². The molecule has 3 fully saturated rings. The van der Waals surface area contributed by atoms with E-state index in [4.69, 9.17) is 0 Å². The van der Waals surface area contributed by atoms with E-state index in [0.29, 0.717) is 37.5 Å². The van der Waals surface area contributed by atoms with E-state index >= 15 is 0 Å². The van der Waals surface area contributed by atoms with Gasteiger partial charge in [-0.2, -0.15) is 0 Å². The van der Waals surface area contributed by atoms with Crippen LogP contribution in [0.1, 0.15) is 65.7 Å². The summed E-state index contributed by atoms with van der Waals surface area (Å²) in [5, 5.41) is 31.4. The average molecular weight is 348 g/mol. The van der Waals surface area contributed by atoms with Gasteiger partial charge in [-0.05, 0) is 67.6 Å². The van der Waals surface area contributed by atoms with E-state index in [1.54, 1.807) is 6.92 Å². The normalized spacial score (nSPS) is 51.1. The first-order valence-electron chi connectivity index (χ1n) is 9.91. The number of aliphatic hydroxyl groups is 3. The molecule has 140 valence electrons. The monoisotopic (exact) mass is 348 g/mol. The molecule has 4 aliphatic rings. The van der Waals surface area contributed by atoms with Crippen LogP contribution in [0, 0.1) is 34.5 Å². The summed E-state index contributed by atoms with van der Waals surface area (Å²) in [6.07, 6.45) is 6.83. The van der Waals surface area contributed by atoms with Crippen LogP contribution in [0.2, 0.25) is 0 Å². The van der Waals surface area contributed by atoms with E-state index < -0.39 is 11.9 Å². The molecule has 0 heterocycles. The number of hydrogen-bond donors (Lipinski definition) is 3. The minimum atomic E-state index is -1.60. The van der Waals surface area contributed by atoms with Gasteiger partial charge in [0.05, 0.1) is 6.10 Å². The maximum atomic E-state index is 12.2. The number of ketones is 1. The molecule has 0 bridgehead atoms. The summed E-state index contributed by atoms with van der Waals surface area (Å²) < 4.78 is 0. The largest absolute Gasteiger partial charge is 0.393 e. The molecule has 0 aliphatic heterocycles. The zero-order valence-corrected chi connectivity index (χ0v) is 15.7. The molecule has 4 aliphatic carbocycles. The van der Waals surface area contributed by atoms with Crippen molar-refractivity contribution >= 4 is 5.78 Å². The third kappa shape index (κ3) is 2.40. The standard InChI is InChI=1S/C21H32O4/c1-12(22)15-6-7-16-14-5-4-13-10-21(24,25)9-8-19(13,2)18(14)17(23)11-20(15,16)3/h4,14-18,23-25H,5-11H2,1-3H3. The molecule has 4 rings (SSSR count). The third-order valence-electron chi connectivity index (χ3n) is 8.57. The predicted molar refractivity (Wildman–Crippen MR) is 94.4 cm³/mol. The fraction of sp³-hybridized carbons (Fsp3) is 0.857. The smallest absolute Gasteiger partial charge is 0.166 e. The summed E-state index contributed by atoms with van der Waals surface area (Å²) in [5.74, 6) is -0.181. The Morgan fingerprint density at radius 2 is 1.92 bits per heavy atom. The lowest BCUT2D eigenvalue weighted by Gasteiger charge is -2.60. The quantitative estimate of drug-likeness (QED) is 0.503. The van der Waals surface area contributed by atoms with E-state index in [-0.39, 0.29) is 28.4 Å². The molecule has 0 aromatic carbocycles. The van der Waals surface area contributed by atoms with Crippen LogP contribution in [0.25, 0.3) is 0 Å². The molecule has 0 amide bonds. The van der Waals surface area contributed by atoms with Gasteiger partial charge in [0.2, 0.25) is 0 Å². The van der Waals surface area contributed by atoms with Crippen LogP contribution in [-0.2, 0) is 4.79 Å². The number of hydrogen-bond acceptors (Lipinski definition) is 4. The van der Waals surface area contributed by atoms with Gasteiger partial charge in [0.1, 0.15) is 5.78 Å². The van der Waals surface area contributed by atoms with Gasteiger partial charge < -0.3 is 15.3 Å². The Labute approximate surface area is 150 Å². The van der Waals surface area contributed by atoms with Gasteiger partial charge in [-0.3, -0.25) is 4.79 Å². The van der Waals surface area contributed by atoms with Gasteiger partial charge >= 0.3 is 0 Å². The van der Waals surface area contributed by atoms with E-state index in [1.807, 2.05) is 0 Å². The Morgan fingerprint density at radius 1 is 1.20 bits per heavy atom. The SMILES string of the molecule is CC(=O)C1CCC2C3CC=C4CC(O)(O)CCC4(C)C3C(O)CC12C. The zero-order valence-electron chi connectivity index (χ0n) is 15.7. The van der Waals surface area contributed by atoms with Crippen LogP contribution in [0.4, 0.5) is 0 Å². The van der Waals surface area contributed by atoms with Gasteiger partial charge in [0.15, 0.2) is 5.79 Å². The highest BCUT2D eigenvalue weighted by Gasteiger charge is 2.62. The van der Waals surface area contributed by atoms with E-state index in [0.717, 1.165) is 24.8 Å². The van der Waals surface area contributed by atoms with Crippen molar-refractivity contribution in [2.24, 2.45) is 34.5 Å². The molecular formula is C21H32O4. The Balaban J connectivity index is 1.71. The highest BCUT2D eigenvalue weighted by Crippen LogP contribution is 2.66. The number of carbonyl (C=O) groups excluding carboxylic acids is 1. The molecule has 0 radical (unpaired) electrons. The van der Waals surface area contributed by atoms with Crippen molar-refractivity contribution in [2.45, 2.75) is 77.6 Å². The van der Waals surface area contributed by atoms with Crippen LogP contribution in [-0.4, -0.2) is 33.0 Å². The molecule has 7 atom stereocenters. The van der Waals surface area contributed by atoms with Crippen LogP contribution in [0.15, 0.2) is 11.6 Å². The fourth-order valence-electron chi connectivity index (χ4n) is 7.43. The number of Topliss-reactive ketones (excluding diaryl/α,β-unsaturated/α-hetero) is 1. The molecule has 25 heavy (non-hydrogen) atoms. The molecule has 4 nitrogen and oxygen atoms in total. The first-order valence-corrected chi connectivity index (χ1v) is 9.91. The van der Waals surface area contributed by atoms with E-state index in [9.17, 15) is 20.1 Å². The molecular weight excluding hydrogens is 316 g/mol.